The van der Waals surface area contributed by atoms with Crippen molar-refractivity contribution in [3.8, 4) is 0 Å². The molecule has 6 nitrogen and oxygen atoms in total. The van der Waals surface area contributed by atoms with Gasteiger partial charge in [0.25, 0.3) is 0 Å². The average molecular weight is 333 g/mol. The zero-order valence-corrected chi connectivity index (χ0v) is 14.0. The highest BCUT2D eigenvalue weighted by Gasteiger charge is 2.27. The Hall–Kier alpha value is -1.86. The second-order valence-corrected chi connectivity index (χ2v) is 6.43. The minimum Gasteiger partial charge on any atom is -0.388 e. The van der Waals surface area contributed by atoms with Crippen LogP contribution in [0.25, 0.3) is 0 Å². The molecular weight excluding hydrogens is 309 g/mol. The van der Waals surface area contributed by atoms with E-state index in [-0.39, 0.29) is 11.7 Å². The third kappa shape index (κ3) is 3.96. The molecule has 1 aliphatic rings. The predicted octanol–water partition coefficient (Wildman–Crippen LogP) is 2.17. The van der Waals surface area contributed by atoms with Crippen LogP contribution in [0.2, 0.25) is 0 Å². The lowest BCUT2D eigenvalue weighted by atomic mass is 9.87. The number of halogens is 1. The van der Waals surface area contributed by atoms with E-state index >= 15 is 0 Å². The molecule has 0 saturated carbocycles. The van der Waals surface area contributed by atoms with Crippen LogP contribution in [0.3, 0.4) is 0 Å². The van der Waals surface area contributed by atoms with Crippen LogP contribution >= 0.6 is 0 Å². The molecule has 24 heavy (non-hydrogen) atoms. The zero-order chi connectivity index (χ0) is 16.9. The smallest absolute Gasteiger partial charge is 0.165 e. The minimum absolute atomic E-state index is 0.207. The second-order valence-electron chi connectivity index (χ2n) is 6.43. The molecule has 1 aromatic heterocycles. The lowest BCUT2D eigenvalue weighted by Crippen LogP contribution is -2.36. The number of nitrogens with zero attached hydrogens (tertiary/aromatic N) is 5. The van der Waals surface area contributed by atoms with Crippen LogP contribution in [0.1, 0.15) is 43.7 Å². The summed E-state index contributed by atoms with van der Waals surface area (Å²) in [5, 5.41) is 22.4. The van der Waals surface area contributed by atoms with Gasteiger partial charge in [0.2, 0.25) is 0 Å². The molecule has 3 rings (SSSR count). The lowest BCUT2D eigenvalue weighted by Gasteiger charge is -2.34. The standard InChI is InChI=1S/C17H24FN5O/c1-2-9-23-16(19-20-21-23)12-22-10-7-14(8-11-22)17(24)13-3-5-15(18)6-4-13/h3-6,14,17,24H,2,7-12H2,1H3. The molecule has 1 unspecified atom stereocenters. The van der Waals surface area contributed by atoms with Crippen molar-refractivity contribution in [2.24, 2.45) is 5.92 Å². The summed E-state index contributed by atoms with van der Waals surface area (Å²) in [5.41, 5.74) is 0.793. The topological polar surface area (TPSA) is 67.1 Å². The summed E-state index contributed by atoms with van der Waals surface area (Å²) in [4.78, 5) is 2.33. The molecule has 0 spiro atoms. The van der Waals surface area contributed by atoms with E-state index in [4.69, 9.17) is 0 Å². The first-order chi connectivity index (χ1) is 11.7. The molecule has 1 N–H and O–H groups in total. The van der Waals surface area contributed by atoms with Crippen molar-refractivity contribution in [2.75, 3.05) is 13.1 Å². The van der Waals surface area contributed by atoms with Crippen LogP contribution in [0, 0.1) is 11.7 Å². The summed E-state index contributed by atoms with van der Waals surface area (Å²) in [6.07, 6.45) is 2.30. The van der Waals surface area contributed by atoms with Crippen molar-refractivity contribution in [3.05, 3.63) is 41.5 Å². The maximum absolute atomic E-state index is 13.0. The van der Waals surface area contributed by atoms with E-state index < -0.39 is 6.10 Å². The summed E-state index contributed by atoms with van der Waals surface area (Å²) in [6.45, 7) is 5.49. The first kappa shape index (κ1) is 17.0. The van der Waals surface area contributed by atoms with Crippen molar-refractivity contribution in [3.63, 3.8) is 0 Å². The summed E-state index contributed by atoms with van der Waals surface area (Å²) in [7, 11) is 0. The molecule has 2 heterocycles. The highest BCUT2D eigenvalue weighted by atomic mass is 19.1. The molecule has 1 saturated heterocycles. The van der Waals surface area contributed by atoms with E-state index in [1.807, 2.05) is 4.68 Å². The summed E-state index contributed by atoms with van der Waals surface area (Å²) in [6, 6.07) is 6.15. The number of aliphatic hydroxyl groups is 1. The number of tetrazole rings is 1. The van der Waals surface area contributed by atoms with Crippen LogP contribution in [-0.2, 0) is 13.1 Å². The molecule has 1 aromatic carbocycles. The van der Waals surface area contributed by atoms with Crippen molar-refractivity contribution in [1.29, 1.82) is 0 Å². The summed E-state index contributed by atoms with van der Waals surface area (Å²) in [5.74, 6) is 0.832. The van der Waals surface area contributed by atoms with E-state index in [1.165, 1.54) is 12.1 Å². The van der Waals surface area contributed by atoms with Crippen LogP contribution in [0.4, 0.5) is 4.39 Å². The zero-order valence-electron chi connectivity index (χ0n) is 14.0. The number of rotatable bonds is 6. The molecule has 1 aliphatic heterocycles. The van der Waals surface area contributed by atoms with Crippen molar-refractivity contribution < 1.29 is 9.50 Å². The molecular formula is C17H24FN5O. The van der Waals surface area contributed by atoms with Gasteiger partial charge in [0, 0.05) is 6.54 Å². The van der Waals surface area contributed by atoms with Gasteiger partial charge >= 0.3 is 0 Å². The van der Waals surface area contributed by atoms with E-state index in [0.717, 1.165) is 56.8 Å². The molecule has 0 bridgehead atoms. The molecule has 7 heteroatoms. The highest BCUT2D eigenvalue weighted by Crippen LogP contribution is 2.31. The van der Waals surface area contributed by atoms with Gasteiger partial charge in [-0.3, -0.25) is 4.90 Å². The molecule has 1 atom stereocenters. The second kappa shape index (κ2) is 7.81. The van der Waals surface area contributed by atoms with Crippen LogP contribution < -0.4 is 0 Å². The number of hydrogen-bond donors (Lipinski definition) is 1. The van der Waals surface area contributed by atoms with Gasteiger partial charge in [0.05, 0.1) is 12.6 Å². The van der Waals surface area contributed by atoms with Crippen LogP contribution in [0.15, 0.2) is 24.3 Å². The molecule has 2 aromatic rings. The maximum Gasteiger partial charge on any atom is 0.165 e. The van der Waals surface area contributed by atoms with Gasteiger partial charge in [-0.05, 0) is 66.4 Å². The number of benzene rings is 1. The number of hydrogen-bond acceptors (Lipinski definition) is 5. The molecule has 130 valence electrons. The van der Waals surface area contributed by atoms with Gasteiger partial charge in [-0.2, -0.15) is 0 Å². The SMILES string of the molecule is CCCn1nnnc1CN1CCC(C(O)c2ccc(F)cc2)CC1. The van der Waals surface area contributed by atoms with E-state index in [9.17, 15) is 9.50 Å². The van der Waals surface area contributed by atoms with Gasteiger partial charge in [-0.1, -0.05) is 19.1 Å². The predicted molar refractivity (Wildman–Crippen MR) is 87.5 cm³/mol. The first-order valence-electron chi connectivity index (χ1n) is 8.58. The Morgan fingerprint density at radius 3 is 2.62 bits per heavy atom. The normalized spacial score (nSPS) is 18.0. The van der Waals surface area contributed by atoms with Crippen molar-refractivity contribution in [2.45, 2.75) is 45.4 Å². The Bertz CT molecular complexity index is 637. The lowest BCUT2D eigenvalue weighted by molar-refractivity contribution is 0.0556. The van der Waals surface area contributed by atoms with Gasteiger partial charge in [0.15, 0.2) is 5.82 Å². The third-order valence-corrected chi connectivity index (χ3v) is 4.70. The number of piperidine rings is 1. The Balaban J connectivity index is 1.53. The molecule has 0 aliphatic carbocycles. The number of aromatic nitrogens is 4. The van der Waals surface area contributed by atoms with E-state index in [2.05, 4.69) is 27.3 Å². The van der Waals surface area contributed by atoms with Crippen LogP contribution in [-0.4, -0.2) is 43.3 Å². The maximum atomic E-state index is 13.0. The van der Waals surface area contributed by atoms with Crippen LogP contribution in [0.5, 0.6) is 0 Å². The minimum atomic E-state index is -0.529. The highest BCUT2D eigenvalue weighted by molar-refractivity contribution is 5.19. The number of aliphatic hydroxyl groups excluding tert-OH is 1. The van der Waals surface area contributed by atoms with Crippen molar-refractivity contribution >= 4 is 0 Å². The Morgan fingerprint density at radius 1 is 1.25 bits per heavy atom. The van der Waals surface area contributed by atoms with Crippen molar-refractivity contribution in [1.82, 2.24) is 25.1 Å². The van der Waals surface area contributed by atoms with E-state index in [1.54, 1.807) is 12.1 Å². The molecule has 1 fully saturated rings. The fraction of sp³-hybridized carbons (Fsp3) is 0.588. The number of likely N-dealkylation sites (tertiary alicyclic amines) is 1. The molecule has 0 amide bonds. The Morgan fingerprint density at radius 2 is 1.96 bits per heavy atom. The fourth-order valence-electron chi connectivity index (χ4n) is 3.28. The summed E-state index contributed by atoms with van der Waals surface area (Å²) < 4.78 is 14.9. The van der Waals surface area contributed by atoms with Gasteiger partial charge in [-0.25, -0.2) is 9.07 Å². The fourth-order valence-corrected chi connectivity index (χ4v) is 3.28. The van der Waals surface area contributed by atoms with Gasteiger partial charge in [-0.15, -0.1) is 5.10 Å². The third-order valence-electron chi connectivity index (χ3n) is 4.70. The van der Waals surface area contributed by atoms with Gasteiger partial charge < -0.3 is 5.11 Å². The number of aryl methyl sites for hydroxylation is 1. The Kier molecular flexibility index (Phi) is 5.52. The largest absolute Gasteiger partial charge is 0.388 e. The summed E-state index contributed by atoms with van der Waals surface area (Å²) >= 11 is 0. The van der Waals surface area contributed by atoms with Gasteiger partial charge in [0.1, 0.15) is 5.82 Å². The quantitative estimate of drug-likeness (QED) is 0.877. The van der Waals surface area contributed by atoms with E-state index in [0.29, 0.717) is 0 Å². The molecule has 0 radical (unpaired) electrons. The Labute approximate surface area is 141 Å². The average Bonchev–Trinajstić information content (AvgIpc) is 3.03. The first-order valence-corrected chi connectivity index (χ1v) is 8.58. The monoisotopic (exact) mass is 333 g/mol.